The van der Waals surface area contributed by atoms with E-state index in [4.69, 9.17) is 0 Å². The molecule has 1 atom stereocenters. The molecule has 0 amide bonds. The number of hydrogen-bond donors (Lipinski definition) is 0. The number of nitrogens with zero attached hydrogens (tertiary/aromatic N) is 11. The zero-order chi connectivity index (χ0) is 25.9. The van der Waals surface area contributed by atoms with Gasteiger partial charge < -0.3 is 4.90 Å². The molecule has 17 heteroatoms. The van der Waals surface area contributed by atoms with E-state index in [0.717, 1.165) is 29.3 Å². The average Bonchev–Trinajstić information content (AvgIpc) is 3.62. The fraction of sp³-hybridized carbons (Fsp3) is 0.350. The van der Waals surface area contributed by atoms with Crippen molar-refractivity contribution in [1.29, 1.82) is 0 Å². The Morgan fingerprint density at radius 1 is 0.811 bits per heavy atom. The molecule has 1 fully saturated rings. The molecule has 0 aliphatic carbocycles. The minimum absolute atomic E-state index is 0.0120. The Bertz CT molecular complexity index is 1600. The average molecular weight is 523 g/mol. The third-order valence-electron chi connectivity index (χ3n) is 6.06. The summed E-state index contributed by atoms with van der Waals surface area (Å²) in [6.45, 7) is 0.766. The molecule has 0 bridgehead atoms. The summed E-state index contributed by atoms with van der Waals surface area (Å²) in [5, 5.41) is 12.4. The minimum Gasteiger partial charge on any atom is -0.356 e. The van der Waals surface area contributed by atoms with E-state index in [9.17, 15) is 26.3 Å². The minimum atomic E-state index is -4.70. The van der Waals surface area contributed by atoms with Gasteiger partial charge in [-0.1, -0.05) is 0 Å². The highest BCUT2D eigenvalue weighted by atomic mass is 19.4. The van der Waals surface area contributed by atoms with E-state index >= 15 is 0 Å². The van der Waals surface area contributed by atoms with E-state index in [-0.39, 0.29) is 29.1 Å². The molecule has 6 heterocycles. The van der Waals surface area contributed by atoms with Crippen LogP contribution in [0, 0.1) is 0 Å². The number of rotatable bonds is 3. The first-order chi connectivity index (χ1) is 17.6. The molecule has 1 saturated heterocycles. The van der Waals surface area contributed by atoms with Gasteiger partial charge in [0.1, 0.15) is 18.5 Å². The molecule has 0 saturated carbocycles. The molecule has 0 spiro atoms. The standard InChI is InChI=1S/C20H15F6N11/c21-19(22,23)13-6-15(36-17(31-13)27-9-29-36)34-4-1-2-11(8-34)12-3-5-35(33-12)16-7-14(20(24,25)26)32-18-28-10-30-37(16)18/h3,5-7,9-11H,1-2,4,8H2. The lowest BCUT2D eigenvalue weighted by Crippen LogP contribution is -2.36. The summed E-state index contributed by atoms with van der Waals surface area (Å²) >= 11 is 0. The van der Waals surface area contributed by atoms with E-state index < -0.39 is 23.7 Å². The van der Waals surface area contributed by atoms with Crippen LogP contribution in [-0.4, -0.2) is 62.0 Å². The van der Waals surface area contributed by atoms with Crippen LogP contribution < -0.4 is 4.90 Å². The highest BCUT2D eigenvalue weighted by Crippen LogP contribution is 2.34. The topological polar surface area (TPSA) is 107 Å². The van der Waals surface area contributed by atoms with Crippen LogP contribution in [-0.2, 0) is 12.4 Å². The second kappa shape index (κ2) is 8.10. The molecule has 0 aromatic carbocycles. The molecule has 192 valence electrons. The van der Waals surface area contributed by atoms with Crippen molar-refractivity contribution < 1.29 is 26.3 Å². The normalized spacial score (nSPS) is 17.2. The Kier molecular flexibility index (Phi) is 5.06. The van der Waals surface area contributed by atoms with Gasteiger partial charge in [-0.05, 0) is 18.9 Å². The van der Waals surface area contributed by atoms with Crippen LogP contribution in [0.15, 0.2) is 37.1 Å². The Morgan fingerprint density at radius 3 is 2.03 bits per heavy atom. The van der Waals surface area contributed by atoms with E-state index in [1.807, 2.05) is 0 Å². The van der Waals surface area contributed by atoms with Gasteiger partial charge in [-0.3, -0.25) is 0 Å². The third kappa shape index (κ3) is 4.09. The van der Waals surface area contributed by atoms with Crippen molar-refractivity contribution in [3.05, 3.63) is 54.1 Å². The summed E-state index contributed by atoms with van der Waals surface area (Å²) in [4.78, 5) is 16.4. The van der Waals surface area contributed by atoms with Gasteiger partial charge >= 0.3 is 12.4 Å². The molecule has 1 aliphatic rings. The number of piperidine rings is 1. The van der Waals surface area contributed by atoms with Gasteiger partial charge in [-0.15, -0.1) is 0 Å². The highest BCUT2D eigenvalue weighted by Gasteiger charge is 2.36. The van der Waals surface area contributed by atoms with Crippen molar-refractivity contribution >= 4 is 17.4 Å². The van der Waals surface area contributed by atoms with Gasteiger partial charge in [0.15, 0.2) is 17.2 Å². The van der Waals surface area contributed by atoms with Crippen molar-refractivity contribution in [2.75, 3.05) is 18.0 Å². The van der Waals surface area contributed by atoms with Gasteiger partial charge in [0.2, 0.25) is 0 Å². The Labute approximate surface area is 202 Å². The highest BCUT2D eigenvalue weighted by molar-refractivity contribution is 5.49. The fourth-order valence-electron chi connectivity index (χ4n) is 4.38. The fourth-order valence-corrected chi connectivity index (χ4v) is 4.38. The number of alkyl halides is 6. The van der Waals surface area contributed by atoms with E-state index in [0.29, 0.717) is 31.6 Å². The van der Waals surface area contributed by atoms with Crippen molar-refractivity contribution in [3.8, 4) is 5.82 Å². The number of anilines is 1. The smallest absolute Gasteiger partial charge is 0.356 e. The molecule has 37 heavy (non-hydrogen) atoms. The Morgan fingerprint density at radius 2 is 1.41 bits per heavy atom. The summed E-state index contributed by atoms with van der Waals surface area (Å²) in [5.74, 6) is -0.451. The second-order valence-electron chi connectivity index (χ2n) is 8.41. The van der Waals surface area contributed by atoms with E-state index in [1.165, 1.54) is 15.4 Å². The van der Waals surface area contributed by atoms with Crippen LogP contribution in [0.5, 0.6) is 0 Å². The van der Waals surface area contributed by atoms with Crippen molar-refractivity contribution in [2.24, 2.45) is 0 Å². The second-order valence-corrected chi connectivity index (χ2v) is 8.41. The largest absolute Gasteiger partial charge is 0.433 e. The van der Waals surface area contributed by atoms with Gasteiger partial charge in [0.25, 0.3) is 11.6 Å². The van der Waals surface area contributed by atoms with Crippen LogP contribution >= 0.6 is 0 Å². The van der Waals surface area contributed by atoms with Gasteiger partial charge in [0, 0.05) is 37.3 Å². The SMILES string of the molecule is FC(F)(F)c1cc(N2CCCC(c3ccn(-c4cc(C(F)(F)F)nc5ncnn45)n3)C2)n2ncnc2n1. The zero-order valence-electron chi connectivity index (χ0n) is 18.6. The summed E-state index contributed by atoms with van der Waals surface area (Å²) < 4.78 is 84.0. The van der Waals surface area contributed by atoms with E-state index in [2.05, 4.69) is 35.2 Å². The third-order valence-corrected chi connectivity index (χ3v) is 6.06. The van der Waals surface area contributed by atoms with Crippen molar-refractivity contribution in [3.63, 3.8) is 0 Å². The monoisotopic (exact) mass is 523 g/mol. The lowest BCUT2D eigenvalue weighted by Gasteiger charge is -2.33. The molecular formula is C20H15F6N11. The van der Waals surface area contributed by atoms with Gasteiger partial charge in [-0.2, -0.15) is 60.6 Å². The maximum Gasteiger partial charge on any atom is 0.433 e. The first-order valence-electron chi connectivity index (χ1n) is 10.9. The Balaban J connectivity index is 1.33. The molecular weight excluding hydrogens is 508 g/mol. The van der Waals surface area contributed by atoms with Crippen LogP contribution in [0.4, 0.5) is 32.2 Å². The molecule has 11 nitrogen and oxygen atoms in total. The summed E-state index contributed by atoms with van der Waals surface area (Å²) in [6.07, 6.45) is -4.34. The molecule has 1 aliphatic heterocycles. The van der Waals surface area contributed by atoms with Gasteiger partial charge in [-0.25, -0.2) is 14.6 Å². The van der Waals surface area contributed by atoms with Crippen LogP contribution in [0.25, 0.3) is 17.4 Å². The molecule has 5 aromatic rings. The first kappa shape index (κ1) is 23.1. The number of hydrogen-bond acceptors (Lipinski definition) is 8. The predicted molar refractivity (Wildman–Crippen MR) is 113 cm³/mol. The van der Waals surface area contributed by atoms with E-state index in [1.54, 1.807) is 11.0 Å². The van der Waals surface area contributed by atoms with Crippen LogP contribution in [0.2, 0.25) is 0 Å². The number of halogens is 6. The first-order valence-corrected chi connectivity index (χ1v) is 10.9. The molecule has 1 unspecified atom stereocenters. The molecule has 0 radical (unpaired) electrons. The maximum absolute atomic E-state index is 13.4. The lowest BCUT2D eigenvalue weighted by atomic mass is 9.95. The molecule has 0 N–H and O–H groups in total. The van der Waals surface area contributed by atoms with Crippen molar-refractivity contribution in [2.45, 2.75) is 31.1 Å². The quantitative estimate of drug-likeness (QED) is 0.332. The molecule has 5 aromatic heterocycles. The maximum atomic E-state index is 13.4. The Hall–Kier alpha value is -4.31. The predicted octanol–water partition coefficient (Wildman–Crippen LogP) is 3.17. The zero-order valence-corrected chi connectivity index (χ0v) is 18.6. The summed E-state index contributed by atoms with van der Waals surface area (Å²) in [6, 6.07) is 3.41. The summed E-state index contributed by atoms with van der Waals surface area (Å²) in [5.41, 5.74) is -1.66. The number of aromatic nitrogens is 10. The molecule has 6 rings (SSSR count). The number of fused-ring (bicyclic) bond motifs is 2. The van der Waals surface area contributed by atoms with Crippen LogP contribution in [0.3, 0.4) is 0 Å². The summed E-state index contributed by atoms with van der Waals surface area (Å²) in [7, 11) is 0. The van der Waals surface area contributed by atoms with Crippen molar-refractivity contribution in [1.82, 2.24) is 48.9 Å². The van der Waals surface area contributed by atoms with Crippen LogP contribution in [0.1, 0.15) is 35.8 Å². The lowest BCUT2D eigenvalue weighted by molar-refractivity contribution is -0.141. The van der Waals surface area contributed by atoms with Gasteiger partial charge in [0.05, 0.1) is 5.69 Å².